The molecule has 0 aliphatic rings. The molecule has 3 nitrogen and oxygen atoms in total. The van der Waals surface area contributed by atoms with E-state index < -0.39 is 0 Å². The van der Waals surface area contributed by atoms with Crippen molar-refractivity contribution in [2.75, 3.05) is 0 Å². The van der Waals surface area contributed by atoms with E-state index in [4.69, 9.17) is 4.74 Å². The number of carbonyl (C=O) groups excluding carboxylic acids is 2. The van der Waals surface area contributed by atoms with Crippen LogP contribution >= 0.6 is 0 Å². The number of ether oxygens (including phenoxy) is 1. The molecule has 5 heteroatoms. The Morgan fingerprint density at radius 1 is 0.341 bits per heavy atom. The van der Waals surface area contributed by atoms with Crippen LogP contribution in [0.5, 0.6) is 0 Å². The van der Waals surface area contributed by atoms with Gasteiger partial charge in [0, 0.05) is 12.8 Å². The summed E-state index contributed by atoms with van der Waals surface area (Å²) in [5.41, 5.74) is 0. The molecule has 0 aromatic rings. The van der Waals surface area contributed by atoms with E-state index in [0.717, 1.165) is 25.7 Å². The van der Waals surface area contributed by atoms with Gasteiger partial charge >= 0.3 is 30.8 Å². The Bertz CT molecular complexity index is 471. The quantitative estimate of drug-likeness (QED) is 0.0340. The van der Waals surface area contributed by atoms with Crippen LogP contribution in [0, 0.1) is 0 Å². The molecule has 0 unspecified atom stereocenters. The van der Waals surface area contributed by atoms with Gasteiger partial charge in [0.2, 0.25) is 0 Å². The van der Waals surface area contributed by atoms with Crippen LogP contribution in [0.4, 0.5) is 0 Å². The van der Waals surface area contributed by atoms with Gasteiger partial charge < -0.3 is 4.74 Å². The first-order valence-corrected chi connectivity index (χ1v) is 17.9. The average Bonchev–Trinajstić information content (AvgIpc) is 2.93. The van der Waals surface area contributed by atoms with Crippen molar-refractivity contribution in [1.82, 2.24) is 0 Å². The van der Waals surface area contributed by atoms with Crippen molar-refractivity contribution >= 4 is 48.2 Å². The van der Waals surface area contributed by atoms with E-state index in [0.29, 0.717) is 12.8 Å². The normalized spacial score (nSPS) is 10.7. The zero-order valence-corrected chi connectivity index (χ0v) is 26.9. The Balaban J connectivity index is -0.00000722. The van der Waals surface area contributed by atoms with Gasteiger partial charge in [-0.2, -0.15) is 0 Å². The standard InChI is InChI=1S/C36H70O3.Al.Li.4H/c1-3-5-7-9-11-13-15-17-19-21-23-25-27-29-31-33-35(37)39-36(38)34-32-30-28-26-24-22-20-18-16-14-12-10-8-6-4-2;;;;;;/h3-34H2,1-2H3;;;;;;. The van der Waals surface area contributed by atoms with Crippen LogP contribution in [0.1, 0.15) is 219 Å². The molecule has 0 aromatic heterocycles. The molecule has 0 fully saturated rings. The molecular weight excluding hydrogens is 514 g/mol. The van der Waals surface area contributed by atoms with Crippen LogP contribution in [0.2, 0.25) is 0 Å². The zero-order valence-electron chi connectivity index (χ0n) is 26.9. The number of hydrogen-bond acceptors (Lipinski definition) is 3. The minimum atomic E-state index is -0.323. The molecule has 0 bridgehead atoms. The van der Waals surface area contributed by atoms with E-state index in [1.165, 1.54) is 167 Å². The van der Waals surface area contributed by atoms with E-state index in [9.17, 15) is 9.59 Å². The fraction of sp³-hybridized carbons (Fsp3) is 0.944. The summed E-state index contributed by atoms with van der Waals surface area (Å²) in [5, 5.41) is 0. The number of unbranched alkanes of at least 4 members (excludes halogenated alkanes) is 28. The van der Waals surface area contributed by atoms with Crippen LogP contribution in [-0.4, -0.2) is 48.2 Å². The molecule has 0 spiro atoms. The zero-order chi connectivity index (χ0) is 28.5. The first-order valence-electron chi connectivity index (χ1n) is 17.9. The third-order valence-electron chi connectivity index (χ3n) is 8.20. The molecule has 0 heterocycles. The van der Waals surface area contributed by atoms with Gasteiger partial charge in [-0.05, 0) is 12.8 Å². The van der Waals surface area contributed by atoms with Crippen LogP contribution in [0.25, 0.3) is 0 Å². The number of hydrogen-bond donors (Lipinski definition) is 0. The molecule has 0 amide bonds. The van der Waals surface area contributed by atoms with Gasteiger partial charge in [-0.15, -0.1) is 0 Å². The second-order valence-corrected chi connectivity index (χ2v) is 12.2. The van der Waals surface area contributed by atoms with Gasteiger partial charge in [-0.25, -0.2) is 0 Å². The Labute approximate surface area is 280 Å². The van der Waals surface area contributed by atoms with E-state index in [-0.39, 0.29) is 48.2 Å². The molecule has 0 atom stereocenters. The maximum atomic E-state index is 11.9. The number of carbonyl (C=O) groups is 2. The van der Waals surface area contributed by atoms with Crippen molar-refractivity contribution in [3.8, 4) is 0 Å². The van der Waals surface area contributed by atoms with Crippen LogP contribution in [0.3, 0.4) is 0 Å². The number of esters is 2. The van der Waals surface area contributed by atoms with Gasteiger partial charge in [-0.1, -0.05) is 194 Å². The van der Waals surface area contributed by atoms with Gasteiger partial charge in [-0.3, -0.25) is 9.59 Å². The third kappa shape index (κ3) is 40.3. The van der Waals surface area contributed by atoms with E-state index in [1.807, 2.05) is 0 Å². The molecule has 240 valence electrons. The molecule has 0 saturated carbocycles. The van der Waals surface area contributed by atoms with Gasteiger partial charge in [0.1, 0.15) is 0 Å². The Morgan fingerprint density at radius 2 is 0.512 bits per heavy atom. The second-order valence-electron chi connectivity index (χ2n) is 12.2. The Kier molecular flexibility index (Phi) is 44.9. The predicted molar refractivity (Wildman–Crippen MR) is 187 cm³/mol. The summed E-state index contributed by atoms with van der Waals surface area (Å²) in [4.78, 5) is 23.8. The number of rotatable bonds is 32. The minimum absolute atomic E-state index is 0. The molecular formula is C36H74AlLiO3. The molecule has 0 aliphatic heterocycles. The molecule has 41 heavy (non-hydrogen) atoms. The Morgan fingerprint density at radius 3 is 0.707 bits per heavy atom. The summed E-state index contributed by atoms with van der Waals surface area (Å²) in [6.45, 7) is 4.55. The summed E-state index contributed by atoms with van der Waals surface area (Å²) in [7, 11) is 0. The van der Waals surface area contributed by atoms with Crippen LogP contribution < -0.4 is 0 Å². The SMILES string of the molecule is CCCCCCCCCCCCCCCCCC(=O)OC(=O)CCCCCCCCCCCCCCCCC.[AlH3].[LiH]. The first-order chi connectivity index (χ1) is 19.2. The first kappa shape index (κ1) is 45.7. The van der Waals surface area contributed by atoms with Crippen molar-refractivity contribution in [2.45, 2.75) is 219 Å². The van der Waals surface area contributed by atoms with Crippen LogP contribution in [0.15, 0.2) is 0 Å². The maximum absolute atomic E-state index is 11.9. The molecule has 0 saturated heterocycles. The monoisotopic (exact) mass is 589 g/mol. The van der Waals surface area contributed by atoms with E-state index in [2.05, 4.69) is 13.8 Å². The summed E-state index contributed by atoms with van der Waals surface area (Å²) in [5.74, 6) is -0.647. The predicted octanol–water partition coefficient (Wildman–Crippen LogP) is 10.7. The molecule has 0 aliphatic carbocycles. The van der Waals surface area contributed by atoms with Crippen molar-refractivity contribution in [1.29, 1.82) is 0 Å². The van der Waals surface area contributed by atoms with Crippen molar-refractivity contribution in [2.24, 2.45) is 0 Å². The summed E-state index contributed by atoms with van der Waals surface area (Å²) >= 11 is 0. The fourth-order valence-corrected chi connectivity index (χ4v) is 5.51. The van der Waals surface area contributed by atoms with E-state index >= 15 is 0 Å². The van der Waals surface area contributed by atoms with Gasteiger partial charge in [0.25, 0.3) is 0 Å². The third-order valence-corrected chi connectivity index (χ3v) is 8.20. The van der Waals surface area contributed by atoms with Crippen LogP contribution in [-0.2, 0) is 14.3 Å². The van der Waals surface area contributed by atoms with Gasteiger partial charge in [0.05, 0.1) is 0 Å². The summed E-state index contributed by atoms with van der Waals surface area (Å²) < 4.78 is 5.01. The van der Waals surface area contributed by atoms with Crippen molar-refractivity contribution in [3.05, 3.63) is 0 Å². The topological polar surface area (TPSA) is 43.4 Å². The summed E-state index contributed by atoms with van der Waals surface area (Å²) in [6.07, 6.45) is 40.1. The Hall–Kier alpha value is 0.270. The second kappa shape index (κ2) is 40.3. The van der Waals surface area contributed by atoms with E-state index in [1.54, 1.807) is 0 Å². The molecule has 0 aromatic carbocycles. The molecule has 0 N–H and O–H groups in total. The summed E-state index contributed by atoms with van der Waals surface area (Å²) in [6, 6.07) is 0. The molecule has 0 radical (unpaired) electrons. The van der Waals surface area contributed by atoms with Crippen molar-refractivity contribution < 1.29 is 14.3 Å². The average molecular weight is 589 g/mol. The van der Waals surface area contributed by atoms with Crippen molar-refractivity contribution in [3.63, 3.8) is 0 Å². The van der Waals surface area contributed by atoms with Gasteiger partial charge in [0.15, 0.2) is 17.4 Å². The fourth-order valence-electron chi connectivity index (χ4n) is 5.51. The molecule has 0 rings (SSSR count).